The van der Waals surface area contributed by atoms with Gasteiger partial charge >= 0.3 is 11.7 Å². The molecule has 0 aromatic heterocycles. The lowest BCUT2D eigenvalue weighted by molar-refractivity contribution is -0.385. The molecule has 9 nitrogen and oxygen atoms in total. The van der Waals surface area contributed by atoms with Crippen molar-refractivity contribution < 1.29 is 27.6 Å². The van der Waals surface area contributed by atoms with E-state index in [9.17, 15) is 23.3 Å². The number of carbonyl (C=O) groups is 1. The van der Waals surface area contributed by atoms with E-state index in [4.69, 9.17) is 9.47 Å². The Kier molecular flexibility index (Phi) is 6.93. The van der Waals surface area contributed by atoms with Gasteiger partial charge in [0.05, 0.1) is 28.6 Å². The molecular formula is C19H22N2O7S. The summed E-state index contributed by atoms with van der Waals surface area (Å²) >= 11 is 0. The molecular weight excluding hydrogens is 400 g/mol. The van der Waals surface area contributed by atoms with E-state index in [2.05, 4.69) is 0 Å². The molecule has 0 N–H and O–H groups in total. The number of benzene rings is 2. The molecule has 0 saturated carbocycles. The average molecular weight is 422 g/mol. The number of hydrogen-bond acceptors (Lipinski definition) is 7. The number of ether oxygens (including phenoxy) is 2. The molecule has 0 aliphatic heterocycles. The average Bonchev–Trinajstić information content (AvgIpc) is 2.68. The number of methoxy groups -OCH3 is 1. The summed E-state index contributed by atoms with van der Waals surface area (Å²) in [6.07, 6.45) is 0. The third-order valence-corrected chi connectivity index (χ3v) is 6.38. The Morgan fingerprint density at radius 2 is 1.79 bits per heavy atom. The summed E-state index contributed by atoms with van der Waals surface area (Å²) in [6, 6.07) is 7.94. The molecule has 0 unspecified atom stereocenters. The van der Waals surface area contributed by atoms with Crippen LogP contribution in [-0.4, -0.2) is 43.8 Å². The van der Waals surface area contributed by atoms with Crippen molar-refractivity contribution in [2.24, 2.45) is 0 Å². The van der Waals surface area contributed by atoms with E-state index in [-0.39, 0.29) is 35.0 Å². The highest BCUT2D eigenvalue weighted by Crippen LogP contribution is 2.32. The molecule has 10 heteroatoms. The zero-order valence-electron chi connectivity index (χ0n) is 16.5. The topological polar surface area (TPSA) is 116 Å². The largest absolute Gasteiger partial charge is 0.496 e. The quantitative estimate of drug-likeness (QED) is 0.278. The fourth-order valence-electron chi connectivity index (χ4n) is 2.70. The van der Waals surface area contributed by atoms with Gasteiger partial charge in [-0.25, -0.2) is 13.2 Å². The Morgan fingerprint density at radius 1 is 1.14 bits per heavy atom. The number of rotatable bonds is 8. The first-order valence-corrected chi connectivity index (χ1v) is 10.2. The van der Waals surface area contributed by atoms with Crippen LogP contribution in [-0.2, 0) is 10.0 Å². The van der Waals surface area contributed by atoms with Crippen molar-refractivity contribution in [3.05, 3.63) is 57.6 Å². The summed E-state index contributed by atoms with van der Waals surface area (Å²) < 4.78 is 36.9. The Balaban J connectivity index is 2.44. The van der Waals surface area contributed by atoms with Crippen molar-refractivity contribution in [1.82, 2.24) is 4.31 Å². The van der Waals surface area contributed by atoms with Gasteiger partial charge in [0.2, 0.25) is 15.8 Å². The fourth-order valence-corrected chi connectivity index (χ4v) is 4.19. The van der Waals surface area contributed by atoms with Gasteiger partial charge < -0.3 is 9.47 Å². The van der Waals surface area contributed by atoms with Crippen LogP contribution in [0.1, 0.15) is 29.8 Å². The molecule has 0 saturated heterocycles. The third-order valence-electron chi connectivity index (χ3n) is 4.34. The summed E-state index contributed by atoms with van der Waals surface area (Å²) in [5.74, 6) is -0.926. The fraction of sp³-hybridized carbons (Fsp3) is 0.316. The van der Waals surface area contributed by atoms with E-state index < -0.39 is 26.6 Å². The summed E-state index contributed by atoms with van der Waals surface area (Å²) in [4.78, 5) is 23.2. The molecule has 0 aliphatic rings. The molecule has 0 heterocycles. The minimum Gasteiger partial charge on any atom is -0.496 e. The molecule has 29 heavy (non-hydrogen) atoms. The highest BCUT2D eigenvalue weighted by Gasteiger charge is 2.25. The third kappa shape index (κ3) is 4.72. The first-order valence-electron chi connectivity index (χ1n) is 8.81. The number of nitrogens with zero attached hydrogens (tertiary/aromatic N) is 2. The molecule has 0 amide bonds. The van der Waals surface area contributed by atoms with Crippen LogP contribution >= 0.6 is 0 Å². The van der Waals surface area contributed by atoms with Crippen molar-refractivity contribution >= 4 is 21.7 Å². The molecule has 2 rings (SSSR count). The molecule has 2 aromatic rings. The van der Waals surface area contributed by atoms with Gasteiger partial charge in [0.1, 0.15) is 5.75 Å². The summed E-state index contributed by atoms with van der Waals surface area (Å²) in [6.45, 7) is 5.61. The maximum atomic E-state index is 12.7. The lowest BCUT2D eigenvalue weighted by atomic mass is 10.1. The van der Waals surface area contributed by atoms with Gasteiger partial charge in [-0.1, -0.05) is 19.9 Å². The zero-order valence-corrected chi connectivity index (χ0v) is 17.4. The maximum Gasteiger partial charge on any atom is 0.344 e. The lowest BCUT2D eigenvalue weighted by Gasteiger charge is -2.19. The van der Waals surface area contributed by atoms with Crippen LogP contribution in [0.5, 0.6) is 11.5 Å². The van der Waals surface area contributed by atoms with Crippen LogP contribution in [0.15, 0.2) is 41.3 Å². The molecule has 0 radical (unpaired) electrons. The Labute approximate surface area is 169 Å². The summed E-state index contributed by atoms with van der Waals surface area (Å²) in [5.41, 5.74) is 0.0373. The second-order valence-corrected chi connectivity index (χ2v) is 7.98. The van der Waals surface area contributed by atoms with E-state index in [0.717, 1.165) is 6.07 Å². The van der Waals surface area contributed by atoms with Crippen LogP contribution in [0, 0.1) is 17.0 Å². The number of hydrogen-bond donors (Lipinski definition) is 0. The van der Waals surface area contributed by atoms with Gasteiger partial charge in [-0.2, -0.15) is 4.31 Å². The van der Waals surface area contributed by atoms with Crippen molar-refractivity contribution in [3.8, 4) is 11.5 Å². The number of nitro groups is 1. The Bertz CT molecular complexity index is 1030. The van der Waals surface area contributed by atoms with Crippen LogP contribution in [0.4, 0.5) is 5.69 Å². The van der Waals surface area contributed by atoms with Gasteiger partial charge in [0.15, 0.2) is 0 Å². The predicted octanol–water partition coefficient (Wildman–Crippen LogP) is 3.16. The van der Waals surface area contributed by atoms with Crippen molar-refractivity contribution in [2.75, 3.05) is 20.2 Å². The van der Waals surface area contributed by atoms with Crippen LogP contribution in [0.25, 0.3) is 0 Å². The normalized spacial score (nSPS) is 11.3. The Hall–Kier alpha value is -2.98. The van der Waals surface area contributed by atoms with Gasteiger partial charge in [0, 0.05) is 13.1 Å². The molecule has 0 spiro atoms. The molecule has 0 bridgehead atoms. The van der Waals surface area contributed by atoms with Crippen molar-refractivity contribution in [1.29, 1.82) is 0 Å². The molecule has 0 aliphatic carbocycles. The number of sulfonamides is 1. The molecule has 156 valence electrons. The second kappa shape index (κ2) is 9.01. The van der Waals surface area contributed by atoms with E-state index >= 15 is 0 Å². The van der Waals surface area contributed by atoms with Crippen molar-refractivity contribution in [2.45, 2.75) is 25.7 Å². The first kappa shape index (κ1) is 22.3. The summed E-state index contributed by atoms with van der Waals surface area (Å²) in [7, 11) is -2.42. The van der Waals surface area contributed by atoms with Gasteiger partial charge in [-0.05, 0) is 36.8 Å². The highest BCUT2D eigenvalue weighted by molar-refractivity contribution is 7.89. The standard InChI is InChI=1S/C19H22N2O7S/c1-5-20(6-2)29(25,26)15-9-7-13(3)16(12-15)19(22)28-18-10-8-14(27-4)11-17(18)21(23)24/h7-12H,5-6H2,1-4H3. The Morgan fingerprint density at radius 3 is 2.34 bits per heavy atom. The van der Waals surface area contributed by atoms with Crippen molar-refractivity contribution in [3.63, 3.8) is 0 Å². The van der Waals surface area contributed by atoms with E-state index in [1.807, 2.05) is 0 Å². The monoisotopic (exact) mass is 422 g/mol. The number of carbonyl (C=O) groups excluding carboxylic acids is 1. The minimum absolute atomic E-state index is 0.00310. The maximum absolute atomic E-state index is 12.7. The van der Waals surface area contributed by atoms with E-state index in [0.29, 0.717) is 5.56 Å². The predicted molar refractivity (Wildman–Crippen MR) is 106 cm³/mol. The summed E-state index contributed by atoms with van der Waals surface area (Å²) in [5, 5.41) is 11.3. The number of nitro benzene ring substituents is 1. The molecule has 0 fully saturated rings. The minimum atomic E-state index is -3.78. The van der Waals surface area contributed by atoms with Gasteiger partial charge in [-0.3, -0.25) is 10.1 Å². The van der Waals surface area contributed by atoms with Gasteiger partial charge in [0.25, 0.3) is 0 Å². The lowest BCUT2D eigenvalue weighted by Crippen LogP contribution is -2.30. The van der Waals surface area contributed by atoms with E-state index in [1.165, 1.54) is 41.7 Å². The highest BCUT2D eigenvalue weighted by atomic mass is 32.2. The smallest absolute Gasteiger partial charge is 0.344 e. The number of aryl methyl sites for hydroxylation is 1. The van der Waals surface area contributed by atoms with Crippen LogP contribution < -0.4 is 9.47 Å². The SMILES string of the molecule is CCN(CC)S(=O)(=O)c1ccc(C)c(C(=O)Oc2ccc(OC)cc2[N+](=O)[O-])c1. The first-order chi connectivity index (χ1) is 13.6. The van der Waals surface area contributed by atoms with Gasteiger partial charge in [-0.15, -0.1) is 0 Å². The van der Waals surface area contributed by atoms with Crippen LogP contribution in [0.3, 0.4) is 0 Å². The van der Waals surface area contributed by atoms with Crippen LogP contribution in [0.2, 0.25) is 0 Å². The molecule has 2 aromatic carbocycles. The molecule has 0 atom stereocenters. The number of esters is 1. The second-order valence-electron chi connectivity index (χ2n) is 6.05. The zero-order chi connectivity index (χ0) is 21.8. The van der Waals surface area contributed by atoms with E-state index in [1.54, 1.807) is 20.8 Å².